The zero-order chi connectivity index (χ0) is 11.6. The first-order chi connectivity index (χ1) is 7.61. The van der Waals surface area contributed by atoms with Crippen molar-refractivity contribution < 1.29 is 5.11 Å². The van der Waals surface area contributed by atoms with E-state index in [9.17, 15) is 5.11 Å². The van der Waals surface area contributed by atoms with Gasteiger partial charge in [-0.25, -0.2) is 0 Å². The molecule has 0 aliphatic carbocycles. The molecule has 0 aromatic heterocycles. The van der Waals surface area contributed by atoms with E-state index in [2.05, 4.69) is 43.0 Å². The van der Waals surface area contributed by atoms with Gasteiger partial charge in [0.15, 0.2) is 0 Å². The molecule has 0 spiro atoms. The standard InChI is InChI=1S/C14H21NO/c1-14(2)8-13(10-16)15(11-14)9-12-6-4-3-5-7-12/h3-7,13,16H,8-11H2,1-2H3. The minimum absolute atomic E-state index is 0.274. The third-order valence-electron chi connectivity index (χ3n) is 3.37. The highest BCUT2D eigenvalue weighted by Gasteiger charge is 2.36. The van der Waals surface area contributed by atoms with Gasteiger partial charge in [-0.2, -0.15) is 0 Å². The first kappa shape index (κ1) is 11.6. The van der Waals surface area contributed by atoms with Crippen molar-refractivity contribution in [3.8, 4) is 0 Å². The lowest BCUT2D eigenvalue weighted by molar-refractivity contribution is 0.153. The number of benzene rings is 1. The zero-order valence-corrected chi connectivity index (χ0v) is 10.2. The van der Waals surface area contributed by atoms with Crippen molar-refractivity contribution in [2.24, 2.45) is 5.41 Å². The fraction of sp³-hybridized carbons (Fsp3) is 0.571. The van der Waals surface area contributed by atoms with E-state index in [0.717, 1.165) is 19.5 Å². The summed E-state index contributed by atoms with van der Waals surface area (Å²) < 4.78 is 0. The molecule has 2 heteroatoms. The Balaban J connectivity index is 2.04. The zero-order valence-electron chi connectivity index (χ0n) is 10.2. The van der Waals surface area contributed by atoms with Gasteiger partial charge < -0.3 is 5.11 Å². The van der Waals surface area contributed by atoms with Crippen LogP contribution in [0.5, 0.6) is 0 Å². The summed E-state index contributed by atoms with van der Waals surface area (Å²) in [5, 5.41) is 9.41. The predicted molar refractivity (Wildman–Crippen MR) is 66.1 cm³/mol. The van der Waals surface area contributed by atoms with E-state index in [-0.39, 0.29) is 6.61 Å². The molecule has 88 valence electrons. The van der Waals surface area contributed by atoms with Gasteiger partial charge in [0.25, 0.3) is 0 Å². The third-order valence-corrected chi connectivity index (χ3v) is 3.37. The Morgan fingerprint density at radius 1 is 1.31 bits per heavy atom. The van der Waals surface area contributed by atoms with Crippen LogP contribution in [0.2, 0.25) is 0 Å². The van der Waals surface area contributed by atoms with E-state index >= 15 is 0 Å². The van der Waals surface area contributed by atoms with Gasteiger partial charge in [0, 0.05) is 19.1 Å². The first-order valence-electron chi connectivity index (χ1n) is 5.99. The summed E-state index contributed by atoms with van der Waals surface area (Å²) in [6, 6.07) is 10.8. The normalized spacial score (nSPS) is 24.8. The van der Waals surface area contributed by atoms with Gasteiger partial charge in [-0.05, 0) is 17.4 Å². The monoisotopic (exact) mass is 219 g/mol. The van der Waals surface area contributed by atoms with Gasteiger partial charge >= 0.3 is 0 Å². The number of likely N-dealkylation sites (tertiary alicyclic amines) is 1. The van der Waals surface area contributed by atoms with E-state index in [1.165, 1.54) is 5.56 Å². The van der Waals surface area contributed by atoms with E-state index < -0.39 is 0 Å². The summed E-state index contributed by atoms with van der Waals surface area (Å²) >= 11 is 0. The number of hydrogen-bond donors (Lipinski definition) is 1. The molecular formula is C14H21NO. The summed E-state index contributed by atoms with van der Waals surface area (Å²) in [6.45, 7) is 6.86. The highest BCUT2D eigenvalue weighted by atomic mass is 16.3. The van der Waals surface area contributed by atoms with Crippen LogP contribution in [0.1, 0.15) is 25.8 Å². The second kappa shape index (κ2) is 4.56. The van der Waals surface area contributed by atoms with Crippen molar-refractivity contribution in [2.75, 3.05) is 13.2 Å². The van der Waals surface area contributed by atoms with Gasteiger partial charge in [-0.3, -0.25) is 4.90 Å². The van der Waals surface area contributed by atoms with Crippen molar-refractivity contribution in [3.05, 3.63) is 35.9 Å². The highest BCUT2D eigenvalue weighted by Crippen LogP contribution is 2.34. The Morgan fingerprint density at radius 3 is 2.62 bits per heavy atom. The van der Waals surface area contributed by atoms with Crippen LogP contribution in [0.25, 0.3) is 0 Å². The maximum Gasteiger partial charge on any atom is 0.0587 e. The predicted octanol–water partition coefficient (Wildman–Crippen LogP) is 2.28. The van der Waals surface area contributed by atoms with E-state index in [1.807, 2.05) is 6.07 Å². The molecule has 1 aliphatic heterocycles. The molecule has 1 aromatic carbocycles. The summed E-state index contributed by atoms with van der Waals surface area (Å²) in [6.07, 6.45) is 1.09. The number of aliphatic hydroxyl groups is 1. The number of rotatable bonds is 3. The molecule has 0 bridgehead atoms. The molecule has 1 fully saturated rings. The van der Waals surface area contributed by atoms with Crippen LogP contribution in [0, 0.1) is 5.41 Å². The van der Waals surface area contributed by atoms with Crippen LogP contribution in [-0.4, -0.2) is 29.2 Å². The Labute approximate surface area is 97.9 Å². The van der Waals surface area contributed by atoms with Crippen LogP contribution in [0.15, 0.2) is 30.3 Å². The summed E-state index contributed by atoms with van der Waals surface area (Å²) in [4.78, 5) is 2.40. The summed E-state index contributed by atoms with van der Waals surface area (Å²) in [7, 11) is 0. The summed E-state index contributed by atoms with van der Waals surface area (Å²) in [5.74, 6) is 0. The van der Waals surface area contributed by atoms with Crippen LogP contribution in [-0.2, 0) is 6.54 Å². The third kappa shape index (κ3) is 2.63. The molecule has 16 heavy (non-hydrogen) atoms. The molecule has 1 aromatic rings. The van der Waals surface area contributed by atoms with Crippen molar-refractivity contribution in [2.45, 2.75) is 32.9 Å². The van der Waals surface area contributed by atoms with Crippen LogP contribution < -0.4 is 0 Å². The van der Waals surface area contributed by atoms with Gasteiger partial charge in [-0.1, -0.05) is 44.2 Å². The van der Waals surface area contributed by atoms with Crippen molar-refractivity contribution in [1.29, 1.82) is 0 Å². The van der Waals surface area contributed by atoms with Gasteiger partial charge in [0.05, 0.1) is 6.61 Å². The number of nitrogens with zero attached hydrogens (tertiary/aromatic N) is 1. The van der Waals surface area contributed by atoms with Crippen molar-refractivity contribution in [3.63, 3.8) is 0 Å². The molecule has 1 unspecified atom stereocenters. The molecule has 2 nitrogen and oxygen atoms in total. The lowest BCUT2D eigenvalue weighted by atomic mass is 9.91. The molecule has 1 heterocycles. The maximum atomic E-state index is 9.41. The SMILES string of the molecule is CC1(C)CC(CO)N(Cc2ccccc2)C1. The second-order valence-electron chi connectivity index (χ2n) is 5.60. The average Bonchev–Trinajstić information content (AvgIpc) is 2.54. The molecule has 0 saturated carbocycles. The first-order valence-corrected chi connectivity index (χ1v) is 5.99. The molecule has 1 atom stereocenters. The van der Waals surface area contributed by atoms with Crippen molar-refractivity contribution >= 4 is 0 Å². The Morgan fingerprint density at radius 2 is 2.00 bits per heavy atom. The number of aliphatic hydroxyl groups excluding tert-OH is 1. The lowest BCUT2D eigenvalue weighted by Gasteiger charge is -2.23. The minimum atomic E-state index is 0.274. The largest absolute Gasteiger partial charge is 0.395 e. The molecular weight excluding hydrogens is 198 g/mol. The Kier molecular flexibility index (Phi) is 3.31. The fourth-order valence-corrected chi connectivity index (χ4v) is 2.69. The lowest BCUT2D eigenvalue weighted by Crippen LogP contribution is -2.31. The topological polar surface area (TPSA) is 23.5 Å². The molecule has 1 saturated heterocycles. The van der Waals surface area contributed by atoms with E-state index in [4.69, 9.17) is 0 Å². The highest BCUT2D eigenvalue weighted by molar-refractivity contribution is 5.15. The second-order valence-corrected chi connectivity index (χ2v) is 5.60. The minimum Gasteiger partial charge on any atom is -0.395 e. The average molecular weight is 219 g/mol. The summed E-state index contributed by atoms with van der Waals surface area (Å²) in [5.41, 5.74) is 1.67. The van der Waals surface area contributed by atoms with Gasteiger partial charge in [0.2, 0.25) is 0 Å². The quantitative estimate of drug-likeness (QED) is 0.843. The van der Waals surface area contributed by atoms with Crippen LogP contribution >= 0.6 is 0 Å². The smallest absolute Gasteiger partial charge is 0.0587 e. The molecule has 0 radical (unpaired) electrons. The fourth-order valence-electron chi connectivity index (χ4n) is 2.69. The van der Waals surface area contributed by atoms with Crippen LogP contribution in [0.3, 0.4) is 0 Å². The molecule has 1 aliphatic rings. The van der Waals surface area contributed by atoms with Gasteiger partial charge in [-0.15, -0.1) is 0 Å². The Hall–Kier alpha value is -0.860. The number of hydrogen-bond acceptors (Lipinski definition) is 2. The molecule has 0 amide bonds. The maximum absolute atomic E-state index is 9.41. The van der Waals surface area contributed by atoms with Gasteiger partial charge in [0.1, 0.15) is 0 Å². The Bertz CT molecular complexity index is 334. The van der Waals surface area contributed by atoms with E-state index in [1.54, 1.807) is 0 Å². The molecule has 2 rings (SSSR count). The van der Waals surface area contributed by atoms with Crippen LogP contribution in [0.4, 0.5) is 0 Å². The van der Waals surface area contributed by atoms with Crippen molar-refractivity contribution in [1.82, 2.24) is 4.90 Å². The van der Waals surface area contributed by atoms with E-state index in [0.29, 0.717) is 11.5 Å². The molecule has 1 N–H and O–H groups in total.